The quantitative estimate of drug-likeness (QED) is 0.386. The van der Waals surface area contributed by atoms with Gasteiger partial charge in [-0.2, -0.15) is 0 Å². The summed E-state index contributed by atoms with van der Waals surface area (Å²) in [5.74, 6) is 0. The minimum atomic E-state index is -1.80. The van der Waals surface area contributed by atoms with Crippen molar-refractivity contribution < 1.29 is 8.85 Å². The monoisotopic (exact) mass is 408 g/mol. The molecule has 0 amide bonds. The Morgan fingerprint density at radius 3 is 1.33 bits per heavy atom. The summed E-state index contributed by atoms with van der Waals surface area (Å²) in [4.78, 5) is 0. The Hall–Kier alpha value is -0.426. The Morgan fingerprint density at radius 2 is 1.04 bits per heavy atom. The van der Waals surface area contributed by atoms with Gasteiger partial charge in [0.2, 0.25) is 8.32 Å². The summed E-state index contributed by atoms with van der Waals surface area (Å²) >= 11 is 0. The molecular formula is C23H44O2Si2. The van der Waals surface area contributed by atoms with Crippen LogP contribution in [0, 0.1) is 0 Å². The molecule has 0 saturated carbocycles. The van der Waals surface area contributed by atoms with E-state index >= 15 is 0 Å². The molecule has 27 heavy (non-hydrogen) atoms. The predicted molar refractivity (Wildman–Crippen MR) is 124 cm³/mol. The van der Waals surface area contributed by atoms with Crippen LogP contribution in [0.5, 0.6) is 0 Å². The van der Waals surface area contributed by atoms with E-state index in [2.05, 4.69) is 99.7 Å². The molecule has 0 aromatic heterocycles. The Kier molecular flexibility index (Phi) is 8.55. The van der Waals surface area contributed by atoms with Gasteiger partial charge in [0, 0.05) is 0 Å². The van der Waals surface area contributed by atoms with Crippen LogP contribution in [0.4, 0.5) is 0 Å². The third kappa shape index (κ3) is 6.02. The lowest BCUT2D eigenvalue weighted by molar-refractivity contribution is 0.265. The lowest BCUT2D eigenvalue weighted by Gasteiger charge is -2.42. The van der Waals surface area contributed by atoms with Crippen molar-refractivity contribution in [2.24, 2.45) is 0 Å². The summed E-state index contributed by atoms with van der Waals surface area (Å²) in [6.07, 6.45) is 0. The fraction of sp³-hybridized carbons (Fsp3) is 0.739. The zero-order chi connectivity index (χ0) is 21.0. The second-order valence-corrected chi connectivity index (χ2v) is 20.7. The maximum Gasteiger partial charge on any atom is 0.200 e. The van der Waals surface area contributed by atoms with Gasteiger partial charge in [-0.15, -0.1) is 0 Å². The van der Waals surface area contributed by atoms with Crippen LogP contribution in [0.1, 0.15) is 73.4 Å². The topological polar surface area (TPSA) is 18.5 Å². The van der Waals surface area contributed by atoms with E-state index in [0.717, 1.165) is 6.61 Å². The summed E-state index contributed by atoms with van der Waals surface area (Å²) in [7, 11) is -3.50. The van der Waals surface area contributed by atoms with E-state index in [-0.39, 0.29) is 5.04 Å². The van der Waals surface area contributed by atoms with Crippen LogP contribution in [0.2, 0.25) is 34.8 Å². The van der Waals surface area contributed by atoms with Gasteiger partial charge in [-0.25, -0.2) is 0 Å². The highest BCUT2D eigenvalue weighted by Gasteiger charge is 2.45. The molecule has 4 heteroatoms. The van der Waals surface area contributed by atoms with Gasteiger partial charge in [-0.05, 0) is 45.9 Å². The number of benzene rings is 1. The van der Waals surface area contributed by atoms with Crippen LogP contribution in [0.3, 0.4) is 0 Å². The van der Waals surface area contributed by atoms with Gasteiger partial charge in [0.25, 0.3) is 0 Å². The first kappa shape index (κ1) is 24.6. The lowest BCUT2D eigenvalue weighted by atomic mass is 10.1. The summed E-state index contributed by atoms with van der Waals surface area (Å²) in [6, 6.07) is 8.83. The number of hydrogen-bond acceptors (Lipinski definition) is 2. The molecule has 0 aliphatic heterocycles. The molecule has 1 aromatic rings. The van der Waals surface area contributed by atoms with Crippen molar-refractivity contribution in [3.63, 3.8) is 0 Å². The highest BCUT2D eigenvalue weighted by molar-refractivity contribution is 6.77. The third-order valence-electron chi connectivity index (χ3n) is 6.62. The molecule has 0 aliphatic carbocycles. The van der Waals surface area contributed by atoms with Crippen molar-refractivity contribution in [1.82, 2.24) is 0 Å². The molecule has 0 bridgehead atoms. The van der Waals surface area contributed by atoms with E-state index in [0.29, 0.717) is 23.2 Å². The molecule has 2 nitrogen and oxygen atoms in total. The van der Waals surface area contributed by atoms with Crippen LogP contribution >= 0.6 is 0 Å². The van der Waals surface area contributed by atoms with Crippen LogP contribution < -0.4 is 0 Å². The van der Waals surface area contributed by atoms with Gasteiger partial charge >= 0.3 is 0 Å². The summed E-state index contributed by atoms with van der Waals surface area (Å²) in [6.45, 7) is 27.0. The SMILES string of the molecule is CC(C)[Si](OCc1ccc(CO[Si](C)(C)C(C)(C)C)cc1)(C(C)C)C(C)C. The fourth-order valence-electron chi connectivity index (χ4n) is 3.92. The minimum Gasteiger partial charge on any atom is -0.413 e. The largest absolute Gasteiger partial charge is 0.413 e. The van der Waals surface area contributed by atoms with Gasteiger partial charge in [0.05, 0.1) is 13.2 Å². The van der Waals surface area contributed by atoms with Crippen molar-refractivity contribution >= 4 is 16.6 Å². The summed E-state index contributed by atoms with van der Waals surface area (Å²) < 4.78 is 13.1. The molecule has 1 aromatic carbocycles. The lowest BCUT2D eigenvalue weighted by Crippen LogP contribution is -2.47. The molecule has 0 atom stereocenters. The van der Waals surface area contributed by atoms with Crippen LogP contribution in [0.15, 0.2) is 24.3 Å². The zero-order valence-corrected chi connectivity index (χ0v) is 21.8. The molecule has 0 saturated heterocycles. The fourth-order valence-corrected chi connectivity index (χ4v) is 10.3. The second kappa shape index (κ2) is 9.38. The van der Waals surface area contributed by atoms with Gasteiger partial charge in [-0.1, -0.05) is 86.6 Å². The van der Waals surface area contributed by atoms with Crippen LogP contribution in [-0.2, 0) is 22.1 Å². The summed E-state index contributed by atoms with van der Waals surface area (Å²) in [5, 5.41) is 0.249. The Balaban J connectivity index is 2.77. The van der Waals surface area contributed by atoms with E-state index < -0.39 is 16.6 Å². The maximum atomic E-state index is 6.71. The third-order valence-corrected chi connectivity index (χ3v) is 17.2. The molecule has 0 heterocycles. The van der Waals surface area contributed by atoms with Gasteiger partial charge in [0.1, 0.15) is 0 Å². The highest BCUT2D eigenvalue weighted by Crippen LogP contribution is 2.42. The minimum absolute atomic E-state index is 0.249. The van der Waals surface area contributed by atoms with Gasteiger partial charge in [0.15, 0.2) is 8.32 Å². The second-order valence-electron chi connectivity index (χ2n) is 10.5. The Morgan fingerprint density at radius 1 is 0.704 bits per heavy atom. The number of rotatable bonds is 9. The molecule has 0 aliphatic rings. The highest BCUT2D eigenvalue weighted by atomic mass is 28.4. The molecule has 0 radical (unpaired) electrons. The van der Waals surface area contributed by atoms with E-state index in [1.807, 2.05) is 0 Å². The molecule has 0 unspecified atom stereocenters. The Labute approximate surface area is 171 Å². The standard InChI is InChI=1S/C23H44O2Si2/c1-18(2)27(19(3)4,20(5)6)25-17-22-14-12-21(13-15-22)16-24-26(10,11)23(7,8)9/h12-15,18-20H,16-17H2,1-11H3. The predicted octanol–water partition coefficient (Wildman–Crippen LogP) is 7.90. The Bertz CT molecular complexity index is 547. The number of hydrogen-bond donors (Lipinski definition) is 0. The van der Waals surface area contributed by atoms with Gasteiger partial charge in [-0.3, -0.25) is 0 Å². The van der Waals surface area contributed by atoms with E-state index in [1.54, 1.807) is 0 Å². The normalized spacial score (nSPS) is 13.9. The van der Waals surface area contributed by atoms with E-state index in [1.165, 1.54) is 11.1 Å². The average molecular weight is 409 g/mol. The maximum absolute atomic E-state index is 6.71. The first-order valence-electron chi connectivity index (χ1n) is 10.6. The van der Waals surface area contributed by atoms with Gasteiger partial charge < -0.3 is 8.85 Å². The van der Waals surface area contributed by atoms with Crippen LogP contribution in [-0.4, -0.2) is 16.6 Å². The first-order chi connectivity index (χ1) is 12.2. The van der Waals surface area contributed by atoms with Crippen LogP contribution in [0.25, 0.3) is 0 Å². The van der Waals surface area contributed by atoms with Crippen molar-refractivity contribution in [2.45, 2.75) is 110 Å². The molecule has 0 N–H and O–H groups in total. The zero-order valence-electron chi connectivity index (χ0n) is 19.8. The molecule has 156 valence electrons. The van der Waals surface area contributed by atoms with Crippen molar-refractivity contribution in [3.05, 3.63) is 35.4 Å². The van der Waals surface area contributed by atoms with Crippen molar-refractivity contribution in [1.29, 1.82) is 0 Å². The van der Waals surface area contributed by atoms with Crippen molar-refractivity contribution in [2.75, 3.05) is 0 Å². The molecule has 0 fully saturated rings. The van der Waals surface area contributed by atoms with E-state index in [9.17, 15) is 0 Å². The molecular weight excluding hydrogens is 364 g/mol. The molecule has 0 spiro atoms. The average Bonchev–Trinajstić information content (AvgIpc) is 2.52. The van der Waals surface area contributed by atoms with Crippen molar-refractivity contribution in [3.8, 4) is 0 Å². The summed E-state index contributed by atoms with van der Waals surface area (Å²) in [5.41, 5.74) is 4.38. The molecule has 1 rings (SSSR count). The van der Waals surface area contributed by atoms with E-state index in [4.69, 9.17) is 8.85 Å². The first-order valence-corrected chi connectivity index (χ1v) is 15.6. The smallest absolute Gasteiger partial charge is 0.200 e.